The Balaban J connectivity index is 1.94. The molecule has 0 bridgehead atoms. The highest BCUT2D eigenvalue weighted by atomic mass is 19.2. The van der Waals surface area contributed by atoms with Crippen LogP contribution in [0.4, 0.5) is 18.0 Å². The summed E-state index contributed by atoms with van der Waals surface area (Å²) < 4.78 is 48.8. The van der Waals surface area contributed by atoms with Gasteiger partial charge in [0.2, 0.25) is 0 Å². The maximum atomic E-state index is 13.3. The quantitative estimate of drug-likeness (QED) is 0.223. The van der Waals surface area contributed by atoms with Gasteiger partial charge in [-0.25, -0.2) is 22.8 Å². The first-order valence-corrected chi connectivity index (χ1v) is 11.8. The van der Waals surface area contributed by atoms with Crippen molar-refractivity contribution >= 4 is 12.1 Å². The summed E-state index contributed by atoms with van der Waals surface area (Å²) in [5.41, 5.74) is 1.31. The van der Waals surface area contributed by atoms with Crippen LogP contribution in [0.1, 0.15) is 32.6 Å². The van der Waals surface area contributed by atoms with Gasteiger partial charge in [0.1, 0.15) is 25.8 Å². The van der Waals surface area contributed by atoms with E-state index in [4.69, 9.17) is 9.47 Å². The molecule has 200 valence electrons. The van der Waals surface area contributed by atoms with Gasteiger partial charge < -0.3 is 14.6 Å². The second-order valence-electron chi connectivity index (χ2n) is 9.15. The first kappa shape index (κ1) is 29.2. The number of hydrogen-bond donors (Lipinski definition) is 1. The van der Waals surface area contributed by atoms with Gasteiger partial charge in [-0.2, -0.15) is 0 Å². The Kier molecular flexibility index (Phi) is 11.3. The fourth-order valence-electron chi connectivity index (χ4n) is 4.18. The first-order valence-electron chi connectivity index (χ1n) is 11.8. The van der Waals surface area contributed by atoms with Crippen LogP contribution >= 0.6 is 0 Å². The fraction of sp³-hybridized carbons (Fsp3) is 0.538. The Morgan fingerprint density at radius 3 is 2.47 bits per heavy atom. The number of likely N-dealkylation sites (tertiary alicyclic amines) is 1. The number of allylic oxidation sites excluding steroid dienone is 6. The van der Waals surface area contributed by atoms with E-state index in [9.17, 15) is 27.9 Å². The number of carbonyl (C=O) groups excluding carboxylic acids is 1. The smallest absolute Gasteiger partial charge is 0.414 e. The minimum Gasteiger partial charge on any atom is -0.504 e. The van der Waals surface area contributed by atoms with E-state index in [1.807, 2.05) is 6.08 Å². The molecule has 1 spiro atoms. The molecule has 2 saturated heterocycles. The molecule has 1 amide bonds. The molecule has 2 aliphatic rings. The zero-order chi connectivity index (χ0) is 26.7. The second-order valence-corrected chi connectivity index (χ2v) is 9.15. The largest absolute Gasteiger partial charge is 0.504 e. The zero-order valence-corrected chi connectivity index (χ0v) is 20.9. The lowest BCUT2D eigenvalue weighted by molar-refractivity contribution is -0.133. The van der Waals surface area contributed by atoms with E-state index in [0.717, 1.165) is 32.0 Å². The molecule has 10 heteroatoms. The van der Waals surface area contributed by atoms with Crippen molar-refractivity contribution in [3.05, 3.63) is 59.3 Å². The van der Waals surface area contributed by atoms with E-state index < -0.39 is 31.2 Å². The zero-order valence-electron chi connectivity index (χ0n) is 20.9. The molecule has 0 aromatic rings. The molecule has 2 rings (SSSR count). The number of cyclic esters (lactones) is 1. The first-order chi connectivity index (χ1) is 17.1. The van der Waals surface area contributed by atoms with Crippen LogP contribution in [-0.2, 0) is 14.3 Å². The second kappa shape index (κ2) is 13.9. The summed E-state index contributed by atoms with van der Waals surface area (Å²) in [5.74, 6) is -2.04. The number of carboxylic acids is 1. The van der Waals surface area contributed by atoms with Crippen molar-refractivity contribution in [2.75, 3.05) is 53.2 Å². The fourth-order valence-corrected chi connectivity index (χ4v) is 4.18. The van der Waals surface area contributed by atoms with Crippen molar-refractivity contribution < 1.29 is 37.3 Å². The molecule has 0 radical (unpaired) electrons. The third-order valence-electron chi connectivity index (χ3n) is 6.63. The van der Waals surface area contributed by atoms with Crippen LogP contribution in [0, 0.1) is 5.41 Å². The van der Waals surface area contributed by atoms with E-state index in [2.05, 4.69) is 11.5 Å². The molecular formula is C26H35F3N2O5. The van der Waals surface area contributed by atoms with Gasteiger partial charge in [0.05, 0.1) is 18.9 Å². The number of rotatable bonds is 12. The average molecular weight is 513 g/mol. The molecule has 0 aromatic carbocycles. The van der Waals surface area contributed by atoms with Crippen molar-refractivity contribution in [1.82, 2.24) is 9.80 Å². The third-order valence-corrected chi connectivity index (χ3v) is 6.63. The number of halogens is 3. The molecule has 2 aliphatic heterocycles. The number of carbonyl (C=O) groups is 2. The summed E-state index contributed by atoms with van der Waals surface area (Å²) in [7, 11) is 1.37. The summed E-state index contributed by atoms with van der Waals surface area (Å²) in [4.78, 5) is 27.4. The third kappa shape index (κ3) is 8.29. The van der Waals surface area contributed by atoms with Crippen molar-refractivity contribution in [2.24, 2.45) is 5.41 Å². The standard InChI is InChI=1S/C26H35F3N2O5/c1-19(21(14-27)6-7-23(29)15-28)8-11-30-12-9-26(10-13-30)17-31(25(34)36-18-26)20(2)4-5-22(16-35-3)24(32)33/h6-8,16H,2,4-5,9-15,17-18H2,1,3H3,(H,32,33)/b19-8-,21-6+,22-16-,23-7+. The lowest BCUT2D eigenvalue weighted by atomic mass is 9.77. The van der Waals surface area contributed by atoms with Crippen LogP contribution in [0.5, 0.6) is 0 Å². The Morgan fingerprint density at radius 1 is 1.19 bits per heavy atom. The summed E-state index contributed by atoms with van der Waals surface area (Å²) in [6.07, 6.45) is 6.75. The topological polar surface area (TPSA) is 79.3 Å². The monoisotopic (exact) mass is 512 g/mol. The predicted octanol–water partition coefficient (Wildman–Crippen LogP) is 5.09. The Hall–Kier alpha value is -3.01. The molecule has 0 aromatic heterocycles. The van der Waals surface area contributed by atoms with Gasteiger partial charge in [-0.05, 0) is 62.9 Å². The average Bonchev–Trinajstić information content (AvgIpc) is 2.87. The van der Waals surface area contributed by atoms with Crippen LogP contribution in [0.2, 0.25) is 0 Å². The normalized spacial score (nSPS) is 19.9. The lowest BCUT2D eigenvalue weighted by Gasteiger charge is -2.47. The van der Waals surface area contributed by atoms with Crippen LogP contribution in [-0.4, -0.2) is 80.2 Å². The summed E-state index contributed by atoms with van der Waals surface area (Å²) in [6.45, 7) is 6.54. The van der Waals surface area contributed by atoms with Gasteiger partial charge >= 0.3 is 12.1 Å². The molecule has 0 saturated carbocycles. The van der Waals surface area contributed by atoms with Crippen LogP contribution in [0.3, 0.4) is 0 Å². The number of ether oxygens (including phenoxy) is 2. The van der Waals surface area contributed by atoms with E-state index in [0.29, 0.717) is 36.5 Å². The number of nitrogens with zero attached hydrogens (tertiary/aromatic N) is 2. The van der Waals surface area contributed by atoms with Gasteiger partial charge in [0.15, 0.2) is 0 Å². The number of hydrogen-bond acceptors (Lipinski definition) is 5. The van der Waals surface area contributed by atoms with Crippen molar-refractivity contribution in [1.29, 1.82) is 0 Å². The summed E-state index contributed by atoms with van der Waals surface area (Å²) in [5, 5.41) is 9.24. The molecule has 2 heterocycles. The number of aliphatic carboxylic acids is 1. The Labute approximate surface area is 210 Å². The highest BCUT2D eigenvalue weighted by Crippen LogP contribution is 2.37. The van der Waals surface area contributed by atoms with Gasteiger partial charge in [-0.1, -0.05) is 18.7 Å². The van der Waals surface area contributed by atoms with Gasteiger partial charge in [0, 0.05) is 24.2 Å². The number of methoxy groups -OCH3 is 1. The van der Waals surface area contributed by atoms with E-state index >= 15 is 0 Å². The minimum absolute atomic E-state index is 0.0877. The van der Waals surface area contributed by atoms with Crippen LogP contribution < -0.4 is 0 Å². The van der Waals surface area contributed by atoms with Gasteiger partial charge in [0.25, 0.3) is 0 Å². The molecule has 36 heavy (non-hydrogen) atoms. The van der Waals surface area contributed by atoms with Crippen molar-refractivity contribution in [3.63, 3.8) is 0 Å². The number of amides is 1. The molecule has 0 aliphatic carbocycles. The number of carboxylic acid groups (broad SMARTS) is 1. The molecule has 0 atom stereocenters. The Bertz CT molecular complexity index is 934. The molecule has 7 nitrogen and oxygen atoms in total. The minimum atomic E-state index is -1.22. The molecule has 0 unspecified atom stereocenters. The van der Waals surface area contributed by atoms with Gasteiger partial charge in [-0.15, -0.1) is 0 Å². The molecule has 1 N–H and O–H groups in total. The highest BCUT2D eigenvalue weighted by molar-refractivity contribution is 5.86. The lowest BCUT2D eigenvalue weighted by Crippen LogP contribution is -2.54. The summed E-state index contributed by atoms with van der Waals surface area (Å²) >= 11 is 0. The highest BCUT2D eigenvalue weighted by Gasteiger charge is 2.43. The molecular weight excluding hydrogens is 477 g/mol. The summed E-state index contributed by atoms with van der Waals surface area (Å²) in [6, 6.07) is 0. The van der Waals surface area contributed by atoms with Crippen LogP contribution in [0.25, 0.3) is 0 Å². The van der Waals surface area contributed by atoms with Crippen molar-refractivity contribution in [2.45, 2.75) is 32.6 Å². The Morgan fingerprint density at radius 2 is 1.89 bits per heavy atom. The maximum Gasteiger partial charge on any atom is 0.414 e. The van der Waals surface area contributed by atoms with Gasteiger partial charge in [-0.3, -0.25) is 9.80 Å². The predicted molar refractivity (Wildman–Crippen MR) is 130 cm³/mol. The molecule has 2 fully saturated rings. The van der Waals surface area contributed by atoms with E-state index in [1.165, 1.54) is 24.3 Å². The van der Waals surface area contributed by atoms with E-state index in [1.54, 1.807) is 6.92 Å². The maximum absolute atomic E-state index is 13.3. The van der Waals surface area contributed by atoms with Crippen molar-refractivity contribution in [3.8, 4) is 0 Å². The van der Waals surface area contributed by atoms with Crippen LogP contribution in [0.15, 0.2) is 59.3 Å². The SMILES string of the molecule is C=C(CC/C(=C/OC)C(=O)O)N1CC2(CCN(C\C=C(C)/C(=C/C=C(/F)CF)CF)CC2)COC1=O. The number of piperidine rings is 1. The van der Waals surface area contributed by atoms with E-state index in [-0.39, 0.29) is 23.8 Å². The number of alkyl halides is 2.